The van der Waals surface area contributed by atoms with Crippen LogP contribution in [0.15, 0.2) is 54.7 Å². The highest BCUT2D eigenvalue weighted by Gasteiger charge is 2.23. The third kappa shape index (κ3) is 5.78. The number of benzene rings is 2. The van der Waals surface area contributed by atoms with Crippen LogP contribution < -0.4 is 20.1 Å². The average molecular weight is 449 g/mol. The number of ether oxygens (including phenoxy) is 3. The molecule has 0 radical (unpaired) electrons. The molecule has 8 nitrogen and oxygen atoms in total. The Morgan fingerprint density at radius 1 is 1.12 bits per heavy atom. The van der Waals surface area contributed by atoms with Crippen molar-refractivity contribution in [2.75, 3.05) is 44.6 Å². The van der Waals surface area contributed by atoms with Crippen molar-refractivity contribution in [1.29, 1.82) is 0 Å². The number of carbonyl (C=O) groups is 1. The summed E-state index contributed by atoms with van der Waals surface area (Å²) in [5.41, 5.74) is 3.54. The Bertz CT molecular complexity index is 1100. The van der Waals surface area contributed by atoms with Crippen LogP contribution in [0.2, 0.25) is 0 Å². The maximum atomic E-state index is 12.4. The molecule has 0 spiro atoms. The lowest BCUT2D eigenvalue weighted by atomic mass is 10.1. The standard InChI is InChI=1S/C25H28N4O4/c1-31-22-7-6-17(14-23(22)32-2)8-11-26-25-27-12-9-21(29-25)18-4-3-5-20(15-18)28-24(30)19-10-13-33-16-19/h3-7,9,12,14-15,19H,8,10-11,13,16H2,1-2H3,(H,28,30)(H,26,27,29). The third-order valence-electron chi connectivity index (χ3n) is 5.53. The van der Waals surface area contributed by atoms with E-state index in [0.29, 0.717) is 37.2 Å². The van der Waals surface area contributed by atoms with Crippen molar-refractivity contribution in [2.45, 2.75) is 12.8 Å². The van der Waals surface area contributed by atoms with Gasteiger partial charge in [0.05, 0.1) is 32.4 Å². The third-order valence-corrected chi connectivity index (χ3v) is 5.53. The van der Waals surface area contributed by atoms with Crippen molar-refractivity contribution in [1.82, 2.24) is 9.97 Å². The first-order valence-corrected chi connectivity index (χ1v) is 10.9. The van der Waals surface area contributed by atoms with Gasteiger partial charge in [-0.3, -0.25) is 4.79 Å². The fourth-order valence-electron chi connectivity index (χ4n) is 3.70. The van der Waals surface area contributed by atoms with Crippen LogP contribution in [-0.4, -0.2) is 49.9 Å². The molecule has 0 aliphatic carbocycles. The van der Waals surface area contributed by atoms with Crippen LogP contribution in [-0.2, 0) is 16.0 Å². The lowest BCUT2D eigenvalue weighted by molar-refractivity contribution is -0.119. The molecule has 0 saturated carbocycles. The van der Waals surface area contributed by atoms with E-state index in [1.165, 1.54) is 0 Å². The fourth-order valence-corrected chi connectivity index (χ4v) is 3.70. The summed E-state index contributed by atoms with van der Waals surface area (Å²) in [6.45, 7) is 1.79. The van der Waals surface area contributed by atoms with Crippen LogP contribution in [0.1, 0.15) is 12.0 Å². The highest BCUT2D eigenvalue weighted by atomic mass is 16.5. The molecule has 1 unspecified atom stereocenters. The average Bonchev–Trinajstić information content (AvgIpc) is 3.40. The zero-order chi connectivity index (χ0) is 23.0. The molecular weight excluding hydrogens is 420 g/mol. The van der Waals surface area contributed by atoms with Crippen molar-refractivity contribution in [3.63, 3.8) is 0 Å². The topological polar surface area (TPSA) is 94.6 Å². The summed E-state index contributed by atoms with van der Waals surface area (Å²) >= 11 is 0. The molecule has 2 aromatic carbocycles. The summed E-state index contributed by atoms with van der Waals surface area (Å²) in [6, 6.07) is 15.4. The number of aromatic nitrogens is 2. The van der Waals surface area contributed by atoms with Gasteiger partial charge in [-0.1, -0.05) is 18.2 Å². The van der Waals surface area contributed by atoms with E-state index in [2.05, 4.69) is 20.6 Å². The van der Waals surface area contributed by atoms with Gasteiger partial charge in [0.25, 0.3) is 0 Å². The monoisotopic (exact) mass is 448 g/mol. The van der Waals surface area contributed by atoms with Crippen molar-refractivity contribution >= 4 is 17.5 Å². The molecule has 2 heterocycles. The van der Waals surface area contributed by atoms with E-state index in [1.807, 2.05) is 48.5 Å². The summed E-state index contributed by atoms with van der Waals surface area (Å²) in [7, 11) is 3.25. The molecular formula is C25H28N4O4. The smallest absolute Gasteiger partial charge is 0.229 e. The number of hydrogen-bond acceptors (Lipinski definition) is 7. The van der Waals surface area contributed by atoms with Crippen LogP contribution >= 0.6 is 0 Å². The Balaban J connectivity index is 1.38. The van der Waals surface area contributed by atoms with E-state index < -0.39 is 0 Å². The van der Waals surface area contributed by atoms with Gasteiger partial charge in [0.2, 0.25) is 11.9 Å². The number of nitrogens with zero attached hydrogens (tertiary/aromatic N) is 2. The van der Waals surface area contributed by atoms with E-state index in [9.17, 15) is 4.79 Å². The Hall–Kier alpha value is -3.65. The first-order valence-electron chi connectivity index (χ1n) is 10.9. The second-order valence-corrected chi connectivity index (χ2v) is 7.76. The van der Waals surface area contributed by atoms with E-state index in [4.69, 9.17) is 14.2 Å². The van der Waals surface area contributed by atoms with Gasteiger partial charge in [-0.2, -0.15) is 0 Å². The SMILES string of the molecule is COc1ccc(CCNc2nccc(-c3cccc(NC(=O)C4CCOC4)c3)n2)cc1OC. The molecule has 172 valence electrons. The summed E-state index contributed by atoms with van der Waals surface area (Å²) in [6.07, 6.45) is 3.26. The van der Waals surface area contributed by atoms with Crippen molar-refractivity contribution < 1.29 is 19.0 Å². The molecule has 0 bridgehead atoms. The minimum Gasteiger partial charge on any atom is -0.493 e. The number of carbonyl (C=O) groups excluding carboxylic acids is 1. The molecule has 1 saturated heterocycles. The largest absolute Gasteiger partial charge is 0.493 e. The number of amides is 1. The summed E-state index contributed by atoms with van der Waals surface area (Å²) in [5, 5.41) is 6.26. The van der Waals surface area contributed by atoms with Crippen LogP contribution in [0.5, 0.6) is 11.5 Å². The highest BCUT2D eigenvalue weighted by Crippen LogP contribution is 2.28. The lowest BCUT2D eigenvalue weighted by Crippen LogP contribution is -2.22. The Morgan fingerprint density at radius 3 is 2.79 bits per heavy atom. The number of nitrogens with one attached hydrogen (secondary N) is 2. The first kappa shape index (κ1) is 22.5. The van der Waals surface area contributed by atoms with E-state index in [-0.39, 0.29) is 11.8 Å². The molecule has 4 rings (SSSR count). The Morgan fingerprint density at radius 2 is 2.00 bits per heavy atom. The van der Waals surface area contributed by atoms with Crippen LogP contribution in [0, 0.1) is 5.92 Å². The second-order valence-electron chi connectivity index (χ2n) is 7.76. The van der Waals surface area contributed by atoms with Gasteiger partial charge in [-0.15, -0.1) is 0 Å². The molecule has 1 aliphatic rings. The van der Waals surface area contributed by atoms with Gasteiger partial charge in [0.1, 0.15) is 0 Å². The van der Waals surface area contributed by atoms with Gasteiger partial charge in [0, 0.05) is 30.6 Å². The number of anilines is 2. The zero-order valence-corrected chi connectivity index (χ0v) is 18.8. The Labute approximate surface area is 193 Å². The van der Waals surface area contributed by atoms with Crippen molar-refractivity contribution in [3.05, 3.63) is 60.3 Å². The molecule has 3 aromatic rings. The van der Waals surface area contributed by atoms with Gasteiger partial charge in [0.15, 0.2) is 11.5 Å². The summed E-state index contributed by atoms with van der Waals surface area (Å²) in [5.74, 6) is 1.87. The van der Waals surface area contributed by atoms with Crippen LogP contribution in [0.3, 0.4) is 0 Å². The van der Waals surface area contributed by atoms with E-state index in [0.717, 1.165) is 35.3 Å². The first-order chi connectivity index (χ1) is 16.2. The maximum absolute atomic E-state index is 12.4. The van der Waals surface area contributed by atoms with Crippen LogP contribution in [0.25, 0.3) is 11.3 Å². The zero-order valence-electron chi connectivity index (χ0n) is 18.8. The maximum Gasteiger partial charge on any atom is 0.229 e. The molecule has 8 heteroatoms. The molecule has 1 aromatic heterocycles. The highest BCUT2D eigenvalue weighted by molar-refractivity contribution is 5.93. The van der Waals surface area contributed by atoms with Gasteiger partial charge in [-0.25, -0.2) is 9.97 Å². The molecule has 1 fully saturated rings. The number of rotatable bonds is 9. The van der Waals surface area contributed by atoms with Gasteiger partial charge < -0.3 is 24.8 Å². The van der Waals surface area contributed by atoms with Crippen LogP contribution in [0.4, 0.5) is 11.6 Å². The Kier molecular flexibility index (Phi) is 7.36. The molecule has 1 amide bonds. The predicted molar refractivity (Wildman–Crippen MR) is 127 cm³/mol. The lowest BCUT2D eigenvalue weighted by Gasteiger charge is -2.11. The van der Waals surface area contributed by atoms with Gasteiger partial charge in [-0.05, 0) is 48.7 Å². The van der Waals surface area contributed by atoms with Gasteiger partial charge >= 0.3 is 0 Å². The normalized spacial score (nSPS) is 15.2. The second kappa shape index (κ2) is 10.8. The molecule has 1 atom stereocenters. The predicted octanol–water partition coefficient (Wildman–Crippen LogP) is 3.79. The van der Waals surface area contributed by atoms with E-state index in [1.54, 1.807) is 20.4 Å². The number of methoxy groups -OCH3 is 2. The molecule has 2 N–H and O–H groups in total. The minimum absolute atomic E-state index is 0.00939. The molecule has 1 aliphatic heterocycles. The quantitative estimate of drug-likeness (QED) is 0.514. The summed E-state index contributed by atoms with van der Waals surface area (Å²) in [4.78, 5) is 21.3. The number of hydrogen-bond donors (Lipinski definition) is 2. The van der Waals surface area contributed by atoms with E-state index >= 15 is 0 Å². The molecule has 33 heavy (non-hydrogen) atoms. The fraction of sp³-hybridized carbons (Fsp3) is 0.320. The summed E-state index contributed by atoms with van der Waals surface area (Å²) < 4.78 is 16.0. The minimum atomic E-state index is -0.0887. The van der Waals surface area contributed by atoms with Crippen molar-refractivity contribution in [3.8, 4) is 22.8 Å². The van der Waals surface area contributed by atoms with Crippen molar-refractivity contribution in [2.24, 2.45) is 5.92 Å².